The Morgan fingerprint density at radius 3 is 2.80 bits per heavy atom. The monoisotopic (exact) mass is 211 g/mol. The molecule has 1 unspecified atom stereocenters. The van der Waals surface area contributed by atoms with Gasteiger partial charge in [-0.3, -0.25) is 4.68 Å². The Balaban J connectivity index is 2.17. The summed E-state index contributed by atoms with van der Waals surface area (Å²) in [4.78, 5) is 0. The highest BCUT2D eigenvalue weighted by Gasteiger charge is 2.16. The second kappa shape index (κ2) is 5.28. The predicted molar refractivity (Wildman–Crippen MR) is 60.5 cm³/mol. The Morgan fingerprint density at radius 1 is 1.53 bits per heavy atom. The molecule has 0 fully saturated rings. The number of unbranched alkanes of at least 4 members (excludes halogenated alkanes) is 1. The maximum Gasteiger partial charge on any atom is 0.0741 e. The van der Waals surface area contributed by atoms with Crippen molar-refractivity contribution in [3.05, 3.63) is 18.0 Å². The molecule has 0 aliphatic rings. The second-order valence-electron chi connectivity index (χ2n) is 4.44. The molecule has 3 N–H and O–H groups in total. The summed E-state index contributed by atoms with van der Waals surface area (Å²) in [7, 11) is 0. The van der Waals surface area contributed by atoms with Crippen LogP contribution in [0.2, 0.25) is 0 Å². The van der Waals surface area contributed by atoms with Crippen molar-refractivity contribution in [2.45, 2.75) is 45.3 Å². The summed E-state index contributed by atoms with van der Waals surface area (Å²) in [5.41, 5.74) is 5.91. The maximum atomic E-state index is 9.68. The van der Waals surface area contributed by atoms with Crippen molar-refractivity contribution in [2.75, 3.05) is 6.54 Å². The van der Waals surface area contributed by atoms with Crippen LogP contribution in [0.25, 0.3) is 0 Å². The van der Waals surface area contributed by atoms with Crippen molar-refractivity contribution >= 4 is 0 Å². The molecule has 4 nitrogen and oxygen atoms in total. The molecule has 1 heterocycles. The fourth-order valence-electron chi connectivity index (χ4n) is 1.47. The molecule has 15 heavy (non-hydrogen) atoms. The summed E-state index contributed by atoms with van der Waals surface area (Å²) in [5, 5.41) is 13.9. The first-order valence-corrected chi connectivity index (χ1v) is 5.45. The van der Waals surface area contributed by atoms with Crippen molar-refractivity contribution in [3.8, 4) is 0 Å². The first-order chi connectivity index (χ1) is 7.03. The van der Waals surface area contributed by atoms with Crippen LogP contribution in [0.1, 0.15) is 31.7 Å². The second-order valence-corrected chi connectivity index (χ2v) is 4.44. The highest BCUT2D eigenvalue weighted by Crippen LogP contribution is 2.12. The van der Waals surface area contributed by atoms with Crippen LogP contribution >= 0.6 is 0 Å². The molecule has 0 amide bonds. The molecule has 0 radical (unpaired) electrons. The highest BCUT2D eigenvalue weighted by atomic mass is 16.3. The first kappa shape index (κ1) is 12.2. The minimum Gasteiger partial charge on any atom is -0.389 e. The lowest BCUT2D eigenvalue weighted by Gasteiger charge is -2.20. The van der Waals surface area contributed by atoms with E-state index < -0.39 is 5.60 Å². The quantitative estimate of drug-likeness (QED) is 0.692. The van der Waals surface area contributed by atoms with E-state index in [1.807, 2.05) is 24.0 Å². The van der Waals surface area contributed by atoms with Gasteiger partial charge in [-0.2, -0.15) is 5.10 Å². The zero-order valence-electron chi connectivity index (χ0n) is 9.61. The number of aromatic nitrogens is 2. The summed E-state index contributed by atoms with van der Waals surface area (Å²) in [5.74, 6) is 0. The van der Waals surface area contributed by atoms with Gasteiger partial charge in [-0.1, -0.05) is 0 Å². The third kappa shape index (κ3) is 4.44. The van der Waals surface area contributed by atoms with E-state index in [-0.39, 0.29) is 0 Å². The van der Waals surface area contributed by atoms with E-state index in [2.05, 4.69) is 5.10 Å². The lowest BCUT2D eigenvalue weighted by atomic mass is 9.99. The molecule has 1 aromatic rings. The summed E-state index contributed by atoms with van der Waals surface area (Å²) >= 11 is 0. The molecule has 1 atom stereocenters. The number of aliphatic hydroxyl groups is 1. The summed E-state index contributed by atoms with van der Waals surface area (Å²) in [6, 6.07) is 0. The first-order valence-electron chi connectivity index (χ1n) is 5.45. The van der Waals surface area contributed by atoms with Gasteiger partial charge in [0, 0.05) is 19.3 Å². The maximum absolute atomic E-state index is 9.68. The average molecular weight is 211 g/mol. The van der Waals surface area contributed by atoms with Crippen molar-refractivity contribution in [1.29, 1.82) is 0 Å². The molecule has 4 heteroatoms. The SMILES string of the molecule is Cc1cnn(CCCCC(C)(O)CN)c1. The third-order valence-corrected chi connectivity index (χ3v) is 2.55. The van der Waals surface area contributed by atoms with Crippen LogP contribution in [-0.4, -0.2) is 27.0 Å². The molecule has 0 saturated carbocycles. The molecule has 0 spiro atoms. The molecular formula is C11H21N3O. The van der Waals surface area contributed by atoms with Crippen molar-refractivity contribution in [1.82, 2.24) is 9.78 Å². The van der Waals surface area contributed by atoms with Gasteiger partial charge in [0.15, 0.2) is 0 Å². The standard InChI is InChI=1S/C11H21N3O/c1-10-7-13-14(8-10)6-4-3-5-11(2,15)9-12/h7-8,15H,3-6,9,12H2,1-2H3. The lowest BCUT2D eigenvalue weighted by Crippen LogP contribution is -2.33. The Morgan fingerprint density at radius 2 is 2.27 bits per heavy atom. The molecular weight excluding hydrogens is 190 g/mol. The fraction of sp³-hybridized carbons (Fsp3) is 0.727. The van der Waals surface area contributed by atoms with Gasteiger partial charge in [0.25, 0.3) is 0 Å². The molecule has 86 valence electrons. The van der Waals surface area contributed by atoms with Gasteiger partial charge in [0.1, 0.15) is 0 Å². The van der Waals surface area contributed by atoms with E-state index in [0.29, 0.717) is 6.54 Å². The zero-order chi connectivity index (χ0) is 11.3. The van der Waals surface area contributed by atoms with E-state index in [0.717, 1.165) is 25.8 Å². The predicted octanol–water partition coefficient (Wildman–Crippen LogP) is 1.07. The Kier molecular flexibility index (Phi) is 4.29. The van der Waals surface area contributed by atoms with Crippen LogP contribution in [0.15, 0.2) is 12.4 Å². The van der Waals surface area contributed by atoms with Crippen molar-refractivity contribution in [2.24, 2.45) is 5.73 Å². The number of hydrogen-bond donors (Lipinski definition) is 2. The topological polar surface area (TPSA) is 64.1 Å². The number of hydrogen-bond acceptors (Lipinski definition) is 3. The number of nitrogens with two attached hydrogens (primary N) is 1. The van der Waals surface area contributed by atoms with E-state index in [1.165, 1.54) is 5.56 Å². The van der Waals surface area contributed by atoms with Crippen LogP contribution in [-0.2, 0) is 6.54 Å². The zero-order valence-corrected chi connectivity index (χ0v) is 9.61. The minimum absolute atomic E-state index is 0.327. The highest BCUT2D eigenvalue weighted by molar-refractivity contribution is 4.99. The number of nitrogens with zero attached hydrogens (tertiary/aromatic N) is 2. The van der Waals surface area contributed by atoms with Gasteiger partial charge in [-0.25, -0.2) is 0 Å². The van der Waals surface area contributed by atoms with E-state index in [4.69, 9.17) is 5.73 Å². The van der Waals surface area contributed by atoms with Gasteiger partial charge in [-0.05, 0) is 38.7 Å². The van der Waals surface area contributed by atoms with Crippen LogP contribution in [0.5, 0.6) is 0 Å². The number of rotatable bonds is 6. The van der Waals surface area contributed by atoms with Crippen LogP contribution in [0.4, 0.5) is 0 Å². The van der Waals surface area contributed by atoms with Gasteiger partial charge >= 0.3 is 0 Å². The van der Waals surface area contributed by atoms with Gasteiger partial charge in [-0.15, -0.1) is 0 Å². The largest absolute Gasteiger partial charge is 0.389 e. The molecule has 1 aromatic heterocycles. The van der Waals surface area contributed by atoms with Gasteiger partial charge in [0.05, 0.1) is 11.8 Å². The normalized spacial score (nSPS) is 15.2. The van der Waals surface area contributed by atoms with Crippen LogP contribution in [0, 0.1) is 6.92 Å². The van der Waals surface area contributed by atoms with Crippen molar-refractivity contribution < 1.29 is 5.11 Å². The summed E-state index contributed by atoms with van der Waals surface area (Å²) < 4.78 is 1.94. The summed E-state index contributed by atoms with van der Waals surface area (Å²) in [6.07, 6.45) is 6.64. The van der Waals surface area contributed by atoms with Crippen LogP contribution < -0.4 is 5.73 Å². The average Bonchev–Trinajstić information content (AvgIpc) is 2.59. The molecule has 0 aromatic carbocycles. The van der Waals surface area contributed by atoms with Gasteiger partial charge < -0.3 is 10.8 Å². The smallest absolute Gasteiger partial charge is 0.0741 e. The van der Waals surface area contributed by atoms with E-state index in [1.54, 1.807) is 6.92 Å². The molecule has 0 aliphatic heterocycles. The Labute approximate surface area is 91.1 Å². The lowest BCUT2D eigenvalue weighted by molar-refractivity contribution is 0.0569. The number of aryl methyl sites for hydroxylation is 2. The molecule has 0 saturated heterocycles. The minimum atomic E-state index is -0.708. The third-order valence-electron chi connectivity index (χ3n) is 2.55. The Hall–Kier alpha value is -0.870. The Bertz CT molecular complexity index is 294. The van der Waals surface area contributed by atoms with Crippen LogP contribution in [0.3, 0.4) is 0 Å². The molecule has 0 aliphatic carbocycles. The fourth-order valence-corrected chi connectivity index (χ4v) is 1.47. The summed E-state index contributed by atoms with van der Waals surface area (Å²) in [6.45, 7) is 5.05. The molecule has 0 bridgehead atoms. The van der Waals surface area contributed by atoms with Gasteiger partial charge in [0.2, 0.25) is 0 Å². The van der Waals surface area contributed by atoms with E-state index >= 15 is 0 Å². The van der Waals surface area contributed by atoms with E-state index in [9.17, 15) is 5.11 Å². The molecule has 1 rings (SSSR count). The van der Waals surface area contributed by atoms with Crippen molar-refractivity contribution in [3.63, 3.8) is 0 Å².